The number of hydrogen-bond donors (Lipinski definition) is 1. The summed E-state index contributed by atoms with van der Waals surface area (Å²) in [6.07, 6.45) is 1.04. The molecule has 0 bridgehead atoms. The average molecular weight is 334 g/mol. The highest BCUT2D eigenvalue weighted by Crippen LogP contribution is 2.28. The molecule has 0 saturated heterocycles. The Kier molecular flexibility index (Phi) is 5.34. The first-order valence-corrected chi connectivity index (χ1v) is 7.54. The summed E-state index contributed by atoms with van der Waals surface area (Å²) < 4.78 is 0. The zero-order chi connectivity index (χ0) is 17.0. The number of nitro groups is 1. The monoisotopic (exact) mass is 333 g/mol. The molecule has 2 rings (SSSR count). The number of carboxylic acids is 1. The second-order valence-electron chi connectivity index (χ2n) is 5.23. The fourth-order valence-corrected chi connectivity index (χ4v) is 2.58. The van der Waals surface area contributed by atoms with Crippen molar-refractivity contribution in [3.05, 3.63) is 74.3 Å². The predicted octanol–water partition coefficient (Wildman–Crippen LogP) is 4.22. The van der Waals surface area contributed by atoms with Crippen LogP contribution in [0.15, 0.2) is 42.5 Å². The lowest BCUT2D eigenvalue weighted by Gasteiger charge is -2.13. The van der Waals surface area contributed by atoms with Gasteiger partial charge >= 0.3 is 5.97 Å². The molecule has 1 unspecified atom stereocenters. The highest BCUT2D eigenvalue weighted by atomic mass is 35.5. The van der Waals surface area contributed by atoms with E-state index >= 15 is 0 Å². The highest BCUT2D eigenvalue weighted by Gasteiger charge is 2.22. The fourth-order valence-electron chi connectivity index (χ4n) is 2.39. The molecular weight excluding hydrogens is 318 g/mol. The Bertz CT molecular complexity index is 728. The van der Waals surface area contributed by atoms with Crippen LogP contribution in [0.3, 0.4) is 0 Å². The fraction of sp³-hybridized carbons (Fsp3) is 0.235. The molecule has 120 valence electrons. The maximum atomic E-state index is 11.6. The van der Waals surface area contributed by atoms with E-state index in [0.29, 0.717) is 11.1 Å². The summed E-state index contributed by atoms with van der Waals surface area (Å²) in [5.41, 5.74) is 2.15. The Morgan fingerprint density at radius 2 is 1.83 bits per heavy atom. The van der Waals surface area contributed by atoms with Gasteiger partial charge in [-0.3, -0.25) is 14.9 Å². The zero-order valence-corrected chi connectivity index (χ0v) is 13.3. The van der Waals surface area contributed by atoms with Crippen LogP contribution in [0.2, 0.25) is 5.02 Å². The molecule has 23 heavy (non-hydrogen) atoms. The molecule has 0 spiro atoms. The van der Waals surface area contributed by atoms with Gasteiger partial charge in [0.25, 0.3) is 5.69 Å². The molecule has 0 radical (unpaired) electrons. The van der Waals surface area contributed by atoms with Crippen LogP contribution in [-0.4, -0.2) is 16.0 Å². The number of hydrogen-bond acceptors (Lipinski definition) is 3. The molecule has 0 heterocycles. The van der Waals surface area contributed by atoms with E-state index in [1.165, 1.54) is 12.1 Å². The number of halogens is 1. The summed E-state index contributed by atoms with van der Waals surface area (Å²) in [6, 6.07) is 11.8. The van der Waals surface area contributed by atoms with Crippen molar-refractivity contribution in [1.29, 1.82) is 0 Å². The molecule has 0 aliphatic rings. The van der Waals surface area contributed by atoms with Gasteiger partial charge in [-0.15, -0.1) is 0 Å². The van der Waals surface area contributed by atoms with Crippen molar-refractivity contribution in [1.82, 2.24) is 0 Å². The smallest absolute Gasteiger partial charge is 0.311 e. The number of aliphatic carboxylic acids is 1. The Hall–Kier alpha value is -2.40. The van der Waals surface area contributed by atoms with Crippen LogP contribution in [-0.2, 0) is 17.6 Å². The van der Waals surface area contributed by atoms with Crippen molar-refractivity contribution in [3.63, 3.8) is 0 Å². The number of nitro benzene ring substituents is 1. The molecule has 6 heteroatoms. The standard InChI is InChI=1S/C17H16ClNO4/c1-2-11-3-6-13(7-4-11)14(17(20)21)9-12-5-8-15(18)16(10-12)19(22)23/h3-8,10,14H,2,9H2,1H3,(H,20,21). The molecule has 2 aromatic carbocycles. The number of aryl methyl sites for hydroxylation is 1. The molecule has 0 fully saturated rings. The van der Waals surface area contributed by atoms with Gasteiger partial charge in [0.1, 0.15) is 5.02 Å². The Labute approximate surface area is 138 Å². The number of carboxylic acid groups (broad SMARTS) is 1. The molecular formula is C17H16ClNO4. The van der Waals surface area contributed by atoms with E-state index in [1.54, 1.807) is 18.2 Å². The van der Waals surface area contributed by atoms with Gasteiger partial charge in [0.15, 0.2) is 0 Å². The lowest BCUT2D eigenvalue weighted by atomic mass is 9.91. The first kappa shape index (κ1) is 17.0. The minimum Gasteiger partial charge on any atom is -0.481 e. The molecule has 2 aromatic rings. The van der Waals surface area contributed by atoms with Crippen LogP contribution >= 0.6 is 11.6 Å². The van der Waals surface area contributed by atoms with E-state index < -0.39 is 16.8 Å². The first-order valence-electron chi connectivity index (χ1n) is 7.16. The number of benzene rings is 2. The van der Waals surface area contributed by atoms with Gasteiger partial charge in [0, 0.05) is 6.07 Å². The quantitative estimate of drug-likeness (QED) is 0.634. The zero-order valence-electron chi connectivity index (χ0n) is 12.5. The minimum atomic E-state index is -0.966. The second-order valence-corrected chi connectivity index (χ2v) is 5.64. The normalized spacial score (nSPS) is 11.9. The minimum absolute atomic E-state index is 0.0397. The van der Waals surface area contributed by atoms with Crippen LogP contribution in [0.25, 0.3) is 0 Å². The highest BCUT2D eigenvalue weighted by molar-refractivity contribution is 6.32. The van der Waals surface area contributed by atoms with Crippen LogP contribution in [0.4, 0.5) is 5.69 Å². The van der Waals surface area contributed by atoms with Gasteiger partial charge in [-0.05, 0) is 35.6 Å². The Balaban J connectivity index is 2.31. The third-order valence-corrected chi connectivity index (χ3v) is 4.06. The lowest BCUT2D eigenvalue weighted by Crippen LogP contribution is -2.14. The van der Waals surface area contributed by atoms with Crippen LogP contribution in [0.5, 0.6) is 0 Å². The van der Waals surface area contributed by atoms with Crippen molar-refractivity contribution in [2.45, 2.75) is 25.7 Å². The maximum absolute atomic E-state index is 11.6. The summed E-state index contributed by atoms with van der Waals surface area (Å²) >= 11 is 5.78. The van der Waals surface area contributed by atoms with E-state index in [9.17, 15) is 20.0 Å². The summed E-state index contributed by atoms with van der Waals surface area (Å²) in [6.45, 7) is 2.02. The van der Waals surface area contributed by atoms with Gasteiger partial charge < -0.3 is 5.11 Å². The molecule has 1 atom stereocenters. The average Bonchev–Trinajstić information content (AvgIpc) is 2.53. The number of nitrogens with zero attached hydrogens (tertiary/aromatic N) is 1. The largest absolute Gasteiger partial charge is 0.481 e. The number of rotatable bonds is 6. The Morgan fingerprint density at radius 1 is 1.22 bits per heavy atom. The summed E-state index contributed by atoms with van der Waals surface area (Å²) in [4.78, 5) is 22.0. The van der Waals surface area contributed by atoms with E-state index in [2.05, 4.69) is 0 Å². The van der Waals surface area contributed by atoms with Crippen molar-refractivity contribution in [3.8, 4) is 0 Å². The van der Waals surface area contributed by atoms with Crippen LogP contribution < -0.4 is 0 Å². The van der Waals surface area contributed by atoms with Gasteiger partial charge in [0.2, 0.25) is 0 Å². The SMILES string of the molecule is CCc1ccc(C(Cc2ccc(Cl)c([N+](=O)[O-])c2)C(=O)O)cc1. The first-order chi connectivity index (χ1) is 10.9. The Morgan fingerprint density at radius 3 is 2.35 bits per heavy atom. The van der Waals surface area contributed by atoms with Gasteiger partial charge in [0.05, 0.1) is 10.8 Å². The maximum Gasteiger partial charge on any atom is 0.311 e. The van der Waals surface area contributed by atoms with Crippen LogP contribution in [0.1, 0.15) is 29.5 Å². The summed E-state index contributed by atoms with van der Waals surface area (Å²) in [5, 5.41) is 20.5. The predicted molar refractivity (Wildman–Crippen MR) is 88.0 cm³/mol. The van der Waals surface area contributed by atoms with Gasteiger partial charge in [-0.2, -0.15) is 0 Å². The summed E-state index contributed by atoms with van der Waals surface area (Å²) in [7, 11) is 0. The number of carbonyl (C=O) groups is 1. The van der Waals surface area contributed by atoms with Crippen molar-refractivity contribution >= 4 is 23.3 Å². The molecule has 0 amide bonds. The molecule has 0 saturated carbocycles. The molecule has 5 nitrogen and oxygen atoms in total. The van der Waals surface area contributed by atoms with E-state index in [4.69, 9.17) is 11.6 Å². The van der Waals surface area contributed by atoms with Crippen molar-refractivity contribution in [2.75, 3.05) is 0 Å². The van der Waals surface area contributed by atoms with E-state index in [1.807, 2.05) is 19.1 Å². The van der Waals surface area contributed by atoms with Crippen molar-refractivity contribution < 1.29 is 14.8 Å². The topological polar surface area (TPSA) is 80.4 Å². The van der Waals surface area contributed by atoms with Gasteiger partial charge in [-0.1, -0.05) is 48.9 Å². The van der Waals surface area contributed by atoms with Gasteiger partial charge in [-0.25, -0.2) is 0 Å². The third kappa shape index (κ3) is 4.07. The van der Waals surface area contributed by atoms with E-state index in [0.717, 1.165) is 12.0 Å². The lowest BCUT2D eigenvalue weighted by molar-refractivity contribution is -0.384. The molecule has 0 aromatic heterocycles. The third-order valence-electron chi connectivity index (χ3n) is 3.74. The molecule has 1 N–H and O–H groups in total. The molecule has 0 aliphatic carbocycles. The molecule has 0 aliphatic heterocycles. The summed E-state index contributed by atoms with van der Waals surface area (Å²) in [5.74, 6) is -1.73. The second kappa shape index (κ2) is 7.24. The van der Waals surface area contributed by atoms with E-state index in [-0.39, 0.29) is 17.1 Å². The van der Waals surface area contributed by atoms with Crippen molar-refractivity contribution in [2.24, 2.45) is 0 Å². The van der Waals surface area contributed by atoms with Crippen LogP contribution in [0, 0.1) is 10.1 Å².